The molecule has 164 valence electrons. The van der Waals surface area contributed by atoms with Gasteiger partial charge in [0.25, 0.3) is 0 Å². The fourth-order valence-corrected chi connectivity index (χ4v) is 3.62. The summed E-state index contributed by atoms with van der Waals surface area (Å²) in [6.45, 7) is 2.46. The lowest BCUT2D eigenvalue weighted by molar-refractivity contribution is 0.184. The number of nitriles is 1. The van der Waals surface area contributed by atoms with E-state index < -0.39 is 0 Å². The second kappa shape index (κ2) is 11.3. The monoisotopic (exact) mass is 532 g/mol. The van der Waals surface area contributed by atoms with Gasteiger partial charge in [-0.3, -0.25) is 5.43 Å². The molecule has 0 aliphatic carbocycles. The van der Waals surface area contributed by atoms with Gasteiger partial charge in [0.2, 0.25) is 0 Å². The predicted molar refractivity (Wildman–Crippen MR) is 131 cm³/mol. The molecular weight excluding hydrogens is 515 g/mol. The Morgan fingerprint density at radius 2 is 1.97 bits per heavy atom. The number of hydrazone groups is 1. The Morgan fingerprint density at radius 1 is 1.16 bits per heavy atom. The molecule has 0 spiro atoms. The van der Waals surface area contributed by atoms with Crippen LogP contribution in [-0.2, 0) is 18.0 Å². The van der Waals surface area contributed by atoms with Crippen LogP contribution in [0, 0.1) is 18.3 Å². The molecule has 0 radical (unpaired) electrons. The number of pyridine rings is 1. The third-order valence-corrected chi connectivity index (χ3v) is 5.60. The maximum absolute atomic E-state index is 9.55. The molecule has 9 heteroatoms. The zero-order valence-corrected chi connectivity index (χ0v) is 20.4. The first-order chi connectivity index (χ1) is 15.4. The van der Waals surface area contributed by atoms with E-state index in [2.05, 4.69) is 37.5 Å². The van der Waals surface area contributed by atoms with Gasteiger partial charge in [-0.2, -0.15) is 10.4 Å². The molecule has 2 aromatic carbocycles. The fraction of sp³-hybridized carbons (Fsp3) is 0.174. The molecule has 1 aromatic heterocycles. The minimum Gasteiger partial charge on any atom is -0.488 e. The number of halogens is 3. The van der Waals surface area contributed by atoms with Gasteiger partial charge >= 0.3 is 0 Å². The van der Waals surface area contributed by atoms with Gasteiger partial charge in [-0.15, -0.1) is 0 Å². The molecule has 1 N–H and O–H groups in total. The Hall–Kier alpha value is -2.63. The summed E-state index contributed by atoms with van der Waals surface area (Å²) < 4.78 is 12.0. The number of rotatable bonds is 8. The van der Waals surface area contributed by atoms with E-state index in [1.807, 2.05) is 37.3 Å². The lowest BCUT2D eigenvalue weighted by atomic mass is 10.1. The SMILES string of the molecule is COCc1cc(C)nc(NN=Cc2cc(Br)ccc2OCc2ccc(Cl)c(Cl)c2)c1C#N. The average molecular weight is 534 g/mol. The van der Waals surface area contributed by atoms with Crippen molar-refractivity contribution in [1.29, 1.82) is 5.26 Å². The quantitative estimate of drug-likeness (QED) is 0.264. The Bertz CT molecular complexity index is 1200. The van der Waals surface area contributed by atoms with Crippen LogP contribution in [0.4, 0.5) is 5.82 Å². The predicted octanol–water partition coefficient (Wildman–Crippen LogP) is 6.50. The van der Waals surface area contributed by atoms with Gasteiger partial charge in [-0.1, -0.05) is 45.2 Å². The highest BCUT2D eigenvalue weighted by atomic mass is 79.9. The van der Waals surface area contributed by atoms with Crippen molar-refractivity contribution in [2.45, 2.75) is 20.1 Å². The molecule has 6 nitrogen and oxygen atoms in total. The molecule has 3 aromatic rings. The number of aromatic nitrogens is 1. The number of nitrogens with one attached hydrogen (secondary N) is 1. The standard InChI is InChI=1S/C23H19BrCl2N4O2/c1-14-7-17(13-31-2)19(10-27)23(29-14)30-28-11-16-9-18(24)4-6-22(16)32-12-15-3-5-20(25)21(26)8-15/h3-9,11H,12-13H2,1-2H3,(H,29,30). The van der Waals surface area contributed by atoms with E-state index in [1.54, 1.807) is 25.5 Å². The number of hydrogen-bond acceptors (Lipinski definition) is 6. The third kappa shape index (κ3) is 6.21. The number of nitrogens with zero attached hydrogens (tertiary/aromatic N) is 3. The normalized spacial score (nSPS) is 10.9. The molecule has 0 amide bonds. The van der Waals surface area contributed by atoms with Crippen molar-refractivity contribution in [2.24, 2.45) is 5.10 Å². The Morgan fingerprint density at radius 3 is 2.69 bits per heavy atom. The maximum atomic E-state index is 9.55. The Labute approximate surface area is 204 Å². The summed E-state index contributed by atoms with van der Waals surface area (Å²) in [6.07, 6.45) is 1.61. The molecule has 0 aliphatic rings. The molecular formula is C23H19BrCl2N4O2. The van der Waals surface area contributed by atoms with E-state index in [0.29, 0.717) is 40.4 Å². The number of benzene rings is 2. The van der Waals surface area contributed by atoms with Crippen LogP contribution in [0.5, 0.6) is 5.75 Å². The van der Waals surface area contributed by atoms with Crippen LogP contribution in [0.1, 0.15) is 27.9 Å². The van der Waals surface area contributed by atoms with Crippen LogP contribution in [0.2, 0.25) is 10.0 Å². The molecule has 0 fully saturated rings. The lowest BCUT2D eigenvalue weighted by Gasteiger charge is -2.11. The first-order valence-electron chi connectivity index (χ1n) is 9.46. The molecule has 0 saturated carbocycles. The summed E-state index contributed by atoms with van der Waals surface area (Å²) in [7, 11) is 1.58. The van der Waals surface area contributed by atoms with Crippen molar-refractivity contribution < 1.29 is 9.47 Å². The van der Waals surface area contributed by atoms with E-state index in [-0.39, 0.29) is 0 Å². The molecule has 0 saturated heterocycles. The number of ether oxygens (including phenoxy) is 2. The molecule has 0 aliphatic heterocycles. The number of hydrogen-bond donors (Lipinski definition) is 1. The van der Waals surface area contributed by atoms with Crippen molar-refractivity contribution in [3.63, 3.8) is 0 Å². The van der Waals surface area contributed by atoms with Crippen LogP contribution in [0.3, 0.4) is 0 Å². The van der Waals surface area contributed by atoms with Gasteiger partial charge < -0.3 is 9.47 Å². The Kier molecular flexibility index (Phi) is 8.48. The Balaban J connectivity index is 1.80. The highest BCUT2D eigenvalue weighted by Gasteiger charge is 2.11. The summed E-state index contributed by atoms with van der Waals surface area (Å²) in [5.41, 5.74) is 6.37. The summed E-state index contributed by atoms with van der Waals surface area (Å²) in [5, 5.41) is 14.8. The third-order valence-electron chi connectivity index (χ3n) is 4.37. The van der Waals surface area contributed by atoms with Gasteiger partial charge in [0.15, 0.2) is 5.82 Å². The van der Waals surface area contributed by atoms with Gasteiger partial charge in [0.05, 0.1) is 22.9 Å². The van der Waals surface area contributed by atoms with Gasteiger partial charge in [0.1, 0.15) is 24.0 Å². The number of anilines is 1. The summed E-state index contributed by atoms with van der Waals surface area (Å²) in [5.74, 6) is 0.992. The fourth-order valence-electron chi connectivity index (χ4n) is 2.92. The smallest absolute Gasteiger partial charge is 0.164 e. The molecule has 0 unspecified atom stereocenters. The van der Waals surface area contributed by atoms with Crippen LogP contribution in [-0.4, -0.2) is 18.3 Å². The van der Waals surface area contributed by atoms with Gasteiger partial charge in [-0.05, 0) is 48.9 Å². The van der Waals surface area contributed by atoms with Crippen molar-refractivity contribution in [1.82, 2.24) is 4.98 Å². The van der Waals surface area contributed by atoms with Crippen LogP contribution in [0.25, 0.3) is 0 Å². The molecule has 0 bridgehead atoms. The molecule has 32 heavy (non-hydrogen) atoms. The average Bonchev–Trinajstić information content (AvgIpc) is 2.75. The highest BCUT2D eigenvalue weighted by Crippen LogP contribution is 2.26. The van der Waals surface area contributed by atoms with Crippen molar-refractivity contribution in [3.8, 4) is 11.8 Å². The summed E-state index contributed by atoms with van der Waals surface area (Å²) in [6, 6.07) is 14.9. The topological polar surface area (TPSA) is 79.5 Å². The number of methoxy groups -OCH3 is 1. The van der Waals surface area contributed by atoms with E-state index in [4.69, 9.17) is 32.7 Å². The van der Waals surface area contributed by atoms with Crippen molar-refractivity contribution in [2.75, 3.05) is 12.5 Å². The first kappa shape index (κ1) is 24.0. The van der Waals surface area contributed by atoms with Gasteiger partial charge in [0, 0.05) is 28.4 Å². The maximum Gasteiger partial charge on any atom is 0.164 e. The zero-order valence-electron chi connectivity index (χ0n) is 17.3. The summed E-state index contributed by atoms with van der Waals surface area (Å²) >= 11 is 15.5. The van der Waals surface area contributed by atoms with Gasteiger partial charge in [-0.25, -0.2) is 4.98 Å². The van der Waals surface area contributed by atoms with Crippen molar-refractivity contribution >= 4 is 51.2 Å². The van der Waals surface area contributed by atoms with Crippen molar-refractivity contribution in [3.05, 3.63) is 84.9 Å². The zero-order chi connectivity index (χ0) is 23.1. The second-order valence-electron chi connectivity index (χ2n) is 6.78. The first-order valence-corrected chi connectivity index (χ1v) is 11.0. The minimum absolute atomic E-state index is 0.309. The largest absolute Gasteiger partial charge is 0.488 e. The summed E-state index contributed by atoms with van der Waals surface area (Å²) in [4.78, 5) is 4.38. The molecule has 3 rings (SSSR count). The van der Waals surface area contributed by atoms with Crippen LogP contribution in [0.15, 0.2) is 52.0 Å². The lowest BCUT2D eigenvalue weighted by Crippen LogP contribution is -2.04. The second-order valence-corrected chi connectivity index (χ2v) is 8.51. The van der Waals surface area contributed by atoms with E-state index >= 15 is 0 Å². The number of aryl methyl sites for hydroxylation is 1. The van der Waals surface area contributed by atoms with E-state index in [1.165, 1.54) is 0 Å². The van der Waals surface area contributed by atoms with E-state index in [0.717, 1.165) is 26.9 Å². The van der Waals surface area contributed by atoms with Crippen LogP contribution >= 0.6 is 39.1 Å². The van der Waals surface area contributed by atoms with Crippen LogP contribution < -0.4 is 10.2 Å². The minimum atomic E-state index is 0.309. The molecule has 1 heterocycles. The molecule has 0 atom stereocenters. The van der Waals surface area contributed by atoms with E-state index in [9.17, 15) is 5.26 Å². The highest BCUT2D eigenvalue weighted by molar-refractivity contribution is 9.10.